The average molecular weight is 266 g/mol. The summed E-state index contributed by atoms with van der Waals surface area (Å²) in [6.45, 7) is 4.30. The fraction of sp³-hybridized carbons (Fsp3) is 0.462. The molecule has 0 unspecified atom stereocenters. The van der Waals surface area contributed by atoms with E-state index in [9.17, 15) is 14.9 Å². The molecule has 19 heavy (non-hydrogen) atoms. The van der Waals surface area contributed by atoms with Crippen LogP contribution in [0.5, 0.6) is 0 Å². The van der Waals surface area contributed by atoms with Crippen LogP contribution in [0.25, 0.3) is 0 Å². The molecule has 1 atom stereocenters. The van der Waals surface area contributed by atoms with Gasteiger partial charge in [-0.15, -0.1) is 0 Å². The van der Waals surface area contributed by atoms with Crippen LogP contribution in [0, 0.1) is 16.0 Å². The molecule has 0 amide bonds. The summed E-state index contributed by atoms with van der Waals surface area (Å²) in [6.07, 6.45) is 0. The van der Waals surface area contributed by atoms with E-state index in [2.05, 4.69) is 5.32 Å². The van der Waals surface area contributed by atoms with Crippen molar-refractivity contribution in [1.82, 2.24) is 5.32 Å². The molecule has 6 heteroatoms. The SMILES string of the molecule is COC(=O)[C@@H](NCc1ccc([N+](=O)[O-])cc1)C(C)C. The lowest BCUT2D eigenvalue weighted by atomic mass is 10.0. The molecule has 0 radical (unpaired) electrons. The Morgan fingerprint density at radius 1 is 1.37 bits per heavy atom. The van der Waals surface area contributed by atoms with Gasteiger partial charge >= 0.3 is 5.97 Å². The summed E-state index contributed by atoms with van der Waals surface area (Å²) in [6, 6.07) is 5.83. The second-order valence-corrected chi connectivity index (χ2v) is 4.55. The van der Waals surface area contributed by atoms with Crippen molar-refractivity contribution in [2.45, 2.75) is 26.4 Å². The van der Waals surface area contributed by atoms with Gasteiger partial charge in [0.05, 0.1) is 12.0 Å². The van der Waals surface area contributed by atoms with Gasteiger partial charge in [0.1, 0.15) is 6.04 Å². The molecule has 1 rings (SSSR count). The van der Waals surface area contributed by atoms with Crippen LogP contribution in [0.3, 0.4) is 0 Å². The smallest absolute Gasteiger partial charge is 0.323 e. The van der Waals surface area contributed by atoms with E-state index in [-0.39, 0.29) is 23.6 Å². The van der Waals surface area contributed by atoms with E-state index in [1.165, 1.54) is 19.2 Å². The van der Waals surface area contributed by atoms with Crippen molar-refractivity contribution in [3.63, 3.8) is 0 Å². The number of ether oxygens (including phenoxy) is 1. The minimum absolute atomic E-state index is 0.0529. The molecule has 0 bridgehead atoms. The monoisotopic (exact) mass is 266 g/mol. The van der Waals surface area contributed by atoms with Gasteiger partial charge < -0.3 is 10.1 Å². The maximum absolute atomic E-state index is 11.5. The predicted octanol–water partition coefficient (Wildman–Crippen LogP) is 1.88. The number of nitrogens with one attached hydrogen (secondary N) is 1. The number of esters is 1. The Hall–Kier alpha value is -1.95. The van der Waals surface area contributed by atoms with Crippen LogP contribution >= 0.6 is 0 Å². The standard InChI is InChI=1S/C13H18N2O4/c1-9(2)12(13(16)19-3)14-8-10-4-6-11(7-5-10)15(17)18/h4-7,9,12,14H,8H2,1-3H3/t12-/m0/s1. The van der Waals surface area contributed by atoms with Gasteiger partial charge in [0.25, 0.3) is 5.69 Å². The average Bonchev–Trinajstić information content (AvgIpc) is 2.38. The normalized spacial score (nSPS) is 12.2. The molecule has 0 aliphatic heterocycles. The zero-order valence-electron chi connectivity index (χ0n) is 11.3. The number of nitrogens with zero attached hydrogens (tertiary/aromatic N) is 1. The molecule has 0 spiro atoms. The lowest BCUT2D eigenvalue weighted by Crippen LogP contribution is -2.41. The largest absolute Gasteiger partial charge is 0.468 e. The van der Waals surface area contributed by atoms with E-state index >= 15 is 0 Å². The number of carbonyl (C=O) groups excluding carboxylic acids is 1. The van der Waals surface area contributed by atoms with E-state index < -0.39 is 4.92 Å². The van der Waals surface area contributed by atoms with Gasteiger partial charge in [0.2, 0.25) is 0 Å². The quantitative estimate of drug-likeness (QED) is 0.483. The molecule has 0 aliphatic carbocycles. The number of nitro groups is 1. The Morgan fingerprint density at radius 3 is 2.37 bits per heavy atom. The van der Waals surface area contributed by atoms with Crippen LogP contribution in [-0.2, 0) is 16.1 Å². The highest BCUT2D eigenvalue weighted by molar-refractivity contribution is 5.75. The molecule has 0 fully saturated rings. The Bertz CT molecular complexity index is 442. The Labute approximate surface area is 111 Å². The molecule has 1 N–H and O–H groups in total. The zero-order valence-corrected chi connectivity index (χ0v) is 11.3. The van der Waals surface area contributed by atoms with Crippen LogP contribution in [0.4, 0.5) is 5.69 Å². The first-order chi connectivity index (χ1) is 8.95. The number of hydrogen-bond donors (Lipinski definition) is 1. The van der Waals surface area contributed by atoms with Gasteiger partial charge in [0, 0.05) is 18.7 Å². The summed E-state index contributed by atoms with van der Waals surface area (Å²) in [4.78, 5) is 21.6. The van der Waals surface area contributed by atoms with Crippen LogP contribution in [0.15, 0.2) is 24.3 Å². The molecular formula is C13H18N2O4. The fourth-order valence-electron chi connectivity index (χ4n) is 1.68. The lowest BCUT2D eigenvalue weighted by Gasteiger charge is -2.19. The summed E-state index contributed by atoms with van der Waals surface area (Å²) >= 11 is 0. The molecule has 6 nitrogen and oxygen atoms in total. The predicted molar refractivity (Wildman–Crippen MR) is 70.6 cm³/mol. The molecule has 0 saturated heterocycles. The first kappa shape index (κ1) is 15.1. The molecular weight excluding hydrogens is 248 g/mol. The van der Waals surface area contributed by atoms with Gasteiger partial charge in [-0.05, 0) is 11.5 Å². The van der Waals surface area contributed by atoms with E-state index in [1.807, 2.05) is 13.8 Å². The number of carbonyl (C=O) groups is 1. The Kier molecular flexibility index (Phi) is 5.44. The number of hydrogen-bond acceptors (Lipinski definition) is 5. The van der Waals surface area contributed by atoms with Gasteiger partial charge in [-0.2, -0.15) is 0 Å². The van der Waals surface area contributed by atoms with Crippen molar-refractivity contribution in [2.75, 3.05) is 7.11 Å². The molecule has 1 aromatic carbocycles. The minimum Gasteiger partial charge on any atom is -0.468 e. The molecule has 0 saturated carbocycles. The third-order valence-corrected chi connectivity index (χ3v) is 2.80. The molecule has 1 aromatic rings. The maximum Gasteiger partial charge on any atom is 0.323 e. The van der Waals surface area contributed by atoms with Crippen molar-refractivity contribution in [3.8, 4) is 0 Å². The van der Waals surface area contributed by atoms with E-state index in [0.717, 1.165) is 5.56 Å². The van der Waals surface area contributed by atoms with Gasteiger partial charge in [0.15, 0.2) is 0 Å². The van der Waals surface area contributed by atoms with Crippen LogP contribution in [-0.4, -0.2) is 24.0 Å². The minimum atomic E-state index is -0.442. The van der Waals surface area contributed by atoms with Crippen molar-refractivity contribution in [2.24, 2.45) is 5.92 Å². The lowest BCUT2D eigenvalue weighted by molar-refractivity contribution is -0.384. The summed E-state index contributed by atoms with van der Waals surface area (Å²) in [5, 5.41) is 13.6. The van der Waals surface area contributed by atoms with Gasteiger partial charge in [-0.3, -0.25) is 14.9 Å². The molecule has 104 valence electrons. The summed E-state index contributed by atoms with van der Waals surface area (Å²) < 4.78 is 4.72. The first-order valence-corrected chi connectivity index (χ1v) is 6.00. The van der Waals surface area contributed by atoms with E-state index in [4.69, 9.17) is 4.74 Å². The third-order valence-electron chi connectivity index (χ3n) is 2.80. The van der Waals surface area contributed by atoms with Gasteiger partial charge in [-0.1, -0.05) is 26.0 Å². The van der Waals surface area contributed by atoms with Crippen molar-refractivity contribution < 1.29 is 14.5 Å². The van der Waals surface area contributed by atoms with Crippen molar-refractivity contribution in [1.29, 1.82) is 0 Å². The number of nitro benzene ring substituents is 1. The highest BCUT2D eigenvalue weighted by Gasteiger charge is 2.22. The molecule has 0 heterocycles. The first-order valence-electron chi connectivity index (χ1n) is 6.00. The Balaban J connectivity index is 2.64. The zero-order chi connectivity index (χ0) is 14.4. The number of rotatable bonds is 6. The highest BCUT2D eigenvalue weighted by atomic mass is 16.6. The second kappa shape index (κ2) is 6.84. The van der Waals surface area contributed by atoms with Gasteiger partial charge in [-0.25, -0.2) is 0 Å². The Morgan fingerprint density at radius 2 is 1.95 bits per heavy atom. The number of benzene rings is 1. The summed E-state index contributed by atoms with van der Waals surface area (Å²) in [5.41, 5.74) is 0.928. The summed E-state index contributed by atoms with van der Waals surface area (Å²) in [5.74, 6) is -0.206. The molecule has 0 aliphatic rings. The second-order valence-electron chi connectivity index (χ2n) is 4.55. The summed E-state index contributed by atoms with van der Waals surface area (Å²) in [7, 11) is 1.35. The van der Waals surface area contributed by atoms with E-state index in [0.29, 0.717) is 6.54 Å². The topological polar surface area (TPSA) is 81.5 Å². The van der Waals surface area contributed by atoms with Crippen LogP contribution < -0.4 is 5.32 Å². The van der Waals surface area contributed by atoms with E-state index in [1.54, 1.807) is 12.1 Å². The van der Waals surface area contributed by atoms with Crippen LogP contribution in [0.1, 0.15) is 19.4 Å². The fourth-order valence-corrected chi connectivity index (χ4v) is 1.68. The number of methoxy groups -OCH3 is 1. The van der Waals surface area contributed by atoms with Crippen LogP contribution in [0.2, 0.25) is 0 Å². The number of non-ortho nitro benzene ring substituents is 1. The third kappa shape index (κ3) is 4.33. The van der Waals surface area contributed by atoms with Crippen molar-refractivity contribution in [3.05, 3.63) is 39.9 Å². The highest BCUT2D eigenvalue weighted by Crippen LogP contribution is 2.12. The molecule has 0 aromatic heterocycles. The maximum atomic E-state index is 11.5. The van der Waals surface area contributed by atoms with Crippen molar-refractivity contribution >= 4 is 11.7 Å².